The second kappa shape index (κ2) is 6.55. The monoisotopic (exact) mass is 349 g/mol. The molecule has 1 aliphatic carbocycles. The lowest BCUT2D eigenvalue weighted by Gasteiger charge is -2.41. The van der Waals surface area contributed by atoms with Gasteiger partial charge in [-0.15, -0.1) is 0 Å². The van der Waals surface area contributed by atoms with Gasteiger partial charge in [-0.2, -0.15) is 8.78 Å². The van der Waals surface area contributed by atoms with E-state index in [4.69, 9.17) is 0 Å². The fraction of sp³-hybridized carbons (Fsp3) is 0.444. The number of hydrogen-bond donors (Lipinski definition) is 2. The maximum absolute atomic E-state index is 14.4. The number of rotatable bonds is 6. The van der Waals surface area contributed by atoms with Crippen LogP contribution in [0, 0.1) is 0 Å². The van der Waals surface area contributed by atoms with Crippen LogP contribution >= 0.6 is 0 Å². The summed E-state index contributed by atoms with van der Waals surface area (Å²) in [5.41, 5.74) is -1.53. The highest BCUT2D eigenvalue weighted by molar-refractivity contribution is 5.85. The van der Waals surface area contributed by atoms with E-state index in [1.54, 1.807) is 48.3 Å². The van der Waals surface area contributed by atoms with Crippen LogP contribution < -0.4 is 5.32 Å². The fourth-order valence-corrected chi connectivity index (χ4v) is 3.00. The van der Waals surface area contributed by atoms with E-state index in [0.717, 1.165) is 0 Å². The van der Waals surface area contributed by atoms with Gasteiger partial charge < -0.3 is 15.0 Å². The second-order valence-corrected chi connectivity index (χ2v) is 6.55. The number of aromatic nitrogens is 2. The number of halogens is 2. The van der Waals surface area contributed by atoms with E-state index >= 15 is 0 Å². The first-order valence-corrected chi connectivity index (χ1v) is 8.26. The summed E-state index contributed by atoms with van der Waals surface area (Å²) in [6.07, 6.45) is 4.00. The van der Waals surface area contributed by atoms with Crippen molar-refractivity contribution in [3.63, 3.8) is 0 Å². The number of nitrogens with one attached hydrogen (secondary N) is 1. The minimum atomic E-state index is -3.82. The van der Waals surface area contributed by atoms with Gasteiger partial charge >= 0.3 is 5.92 Å². The van der Waals surface area contributed by atoms with Crippen LogP contribution in [0.4, 0.5) is 8.78 Å². The summed E-state index contributed by atoms with van der Waals surface area (Å²) >= 11 is 0. The molecule has 0 saturated heterocycles. The van der Waals surface area contributed by atoms with Gasteiger partial charge in [-0.25, -0.2) is 4.98 Å². The average molecular weight is 349 g/mol. The smallest absolute Gasteiger partial charge is 0.352 e. The molecule has 1 heterocycles. The average Bonchev–Trinajstić information content (AvgIpc) is 2.97. The molecule has 1 aliphatic rings. The standard InChI is InChI=1S/C18H21F2N3O2/c1-23-11-10-21-15(23)12-14(13-6-3-2-4-7-13)22-16(24)18(19,20)17(25)8-5-9-17/h2-4,6-7,10-11,14,25H,5,8-9,12H2,1H3,(H,22,24)/t14-/m1/s1. The number of carbonyl (C=O) groups excluding carboxylic acids is 1. The number of carbonyl (C=O) groups is 1. The quantitative estimate of drug-likeness (QED) is 0.841. The van der Waals surface area contributed by atoms with E-state index in [1.807, 2.05) is 6.07 Å². The Kier molecular flexibility index (Phi) is 4.60. The fourth-order valence-electron chi connectivity index (χ4n) is 3.00. The zero-order valence-corrected chi connectivity index (χ0v) is 14.0. The highest BCUT2D eigenvalue weighted by Crippen LogP contribution is 2.44. The number of nitrogens with zero attached hydrogens (tertiary/aromatic N) is 2. The van der Waals surface area contributed by atoms with Crippen LogP contribution in [0.25, 0.3) is 0 Å². The highest BCUT2D eigenvalue weighted by atomic mass is 19.3. The van der Waals surface area contributed by atoms with Gasteiger partial charge in [0.15, 0.2) is 0 Å². The number of amides is 1. The van der Waals surface area contributed by atoms with Crippen molar-refractivity contribution in [2.75, 3.05) is 0 Å². The molecule has 2 N–H and O–H groups in total. The van der Waals surface area contributed by atoms with Gasteiger partial charge in [0.25, 0.3) is 5.91 Å². The summed E-state index contributed by atoms with van der Waals surface area (Å²) in [5.74, 6) is -4.60. The van der Waals surface area contributed by atoms with E-state index in [0.29, 0.717) is 17.8 Å². The van der Waals surface area contributed by atoms with Crippen molar-refractivity contribution in [3.05, 3.63) is 54.1 Å². The molecule has 5 nitrogen and oxygen atoms in total. The summed E-state index contributed by atoms with van der Waals surface area (Å²) in [6, 6.07) is 8.25. The van der Waals surface area contributed by atoms with E-state index in [1.165, 1.54) is 0 Å². The molecule has 0 aliphatic heterocycles. The van der Waals surface area contributed by atoms with E-state index in [2.05, 4.69) is 10.3 Å². The molecule has 3 rings (SSSR count). The van der Waals surface area contributed by atoms with Crippen molar-refractivity contribution < 1.29 is 18.7 Å². The topological polar surface area (TPSA) is 67.2 Å². The van der Waals surface area contributed by atoms with Gasteiger partial charge in [-0.1, -0.05) is 30.3 Å². The van der Waals surface area contributed by atoms with Crippen molar-refractivity contribution in [3.8, 4) is 0 Å². The first-order valence-electron chi connectivity index (χ1n) is 8.26. The highest BCUT2D eigenvalue weighted by Gasteiger charge is 2.61. The maximum atomic E-state index is 14.4. The van der Waals surface area contributed by atoms with Crippen molar-refractivity contribution in [2.24, 2.45) is 7.05 Å². The predicted octanol–water partition coefficient (Wildman–Crippen LogP) is 2.37. The molecular formula is C18H21F2N3O2. The molecule has 2 aromatic rings. The summed E-state index contributed by atoms with van der Waals surface area (Å²) in [4.78, 5) is 16.5. The van der Waals surface area contributed by atoms with Crippen LogP contribution in [-0.2, 0) is 18.3 Å². The third-order valence-electron chi connectivity index (χ3n) is 4.87. The Hall–Kier alpha value is -2.28. The molecule has 134 valence electrons. The molecule has 1 aromatic carbocycles. The molecule has 1 atom stereocenters. The Balaban J connectivity index is 1.82. The normalized spacial score (nSPS) is 17.6. The van der Waals surface area contributed by atoms with Crippen LogP contribution in [0.2, 0.25) is 0 Å². The first-order chi connectivity index (χ1) is 11.8. The molecule has 0 spiro atoms. The molecule has 7 heteroatoms. The van der Waals surface area contributed by atoms with Crippen molar-refractivity contribution in [1.82, 2.24) is 14.9 Å². The van der Waals surface area contributed by atoms with E-state index in [9.17, 15) is 18.7 Å². The minimum Gasteiger partial charge on any atom is -0.383 e. The van der Waals surface area contributed by atoms with Crippen molar-refractivity contribution in [1.29, 1.82) is 0 Å². The lowest BCUT2D eigenvalue weighted by Crippen LogP contribution is -2.61. The molecule has 1 saturated carbocycles. The number of benzene rings is 1. The number of aliphatic hydroxyl groups is 1. The third kappa shape index (κ3) is 3.28. The zero-order chi connectivity index (χ0) is 18.1. The molecule has 0 bridgehead atoms. The van der Waals surface area contributed by atoms with Crippen LogP contribution in [0.3, 0.4) is 0 Å². The molecule has 0 radical (unpaired) electrons. The zero-order valence-electron chi connectivity index (χ0n) is 14.0. The number of alkyl halides is 2. The predicted molar refractivity (Wildman–Crippen MR) is 88.0 cm³/mol. The molecule has 1 fully saturated rings. The third-order valence-corrected chi connectivity index (χ3v) is 4.87. The molecule has 25 heavy (non-hydrogen) atoms. The van der Waals surface area contributed by atoms with E-state index < -0.39 is 23.5 Å². The molecule has 1 aromatic heterocycles. The van der Waals surface area contributed by atoms with Gasteiger partial charge in [0.05, 0.1) is 6.04 Å². The van der Waals surface area contributed by atoms with Crippen LogP contribution in [-0.4, -0.2) is 32.1 Å². The Morgan fingerprint density at radius 2 is 2.08 bits per heavy atom. The summed E-state index contributed by atoms with van der Waals surface area (Å²) in [5, 5.41) is 12.4. The van der Waals surface area contributed by atoms with Crippen LogP contribution in [0.15, 0.2) is 42.7 Å². The second-order valence-electron chi connectivity index (χ2n) is 6.55. The van der Waals surface area contributed by atoms with Crippen LogP contribution in [0.1, 0.15) is 36.7 Å². The Bertz CT molecular complexity index is 742. The summed E-state index contributed by atoms with van der Waals surface area (Å²) in [7, 11) is 1.80. The largest absolute Gasteiger partial charge is 0.383 e. The Morgan fingerprint density at radius 1 is 1.40 bits per heavy atom. The number of hydrogen-bond acceptors (Lipinski definition) is 3. The summed E-state index contributed by atoms with van der Waals surface area (Å²) in [6.45, 7) is 0. The first kappa shape index (κ1) is 17.5. The van der Waals surface area contributed by atoms with Gasteiger partial charge in [-0.3, -0.25) is 4.79 Å². The molecule has 1 amide bonds. The molecular weight excluding hydrogens is 328 g/mol. The van der Waals surface area contributed by atoms with E-state index in [-0.39, 0.29) is 19.3 Å². The van der Waals surface area contributed by atoms with Crippen molar-refractivity contribution >= 4 is 5.91 Å². The van der Waals surface area contributed by atoms with Crippen molar-refractivity contribution in [2.45, 2.75) is 43.2 Å². The lowest BCUT2D eigenvalue weighted by molar-refractivity contribution is -0.216. The minimum absolute atomic E-state index is 0.0667. The van der Waals surface area contributed by atoms with Gasteiger partial charge in [0.2, 0.25) is 0 Å². The maximum Gasteiger partial charge on any atom is 0.352 e. The SMILES string of the molecule is Cn1ccnc1C[C@@H](NC(=O)C(F)(F)C1(O)CCC1)c1ccccc1. The Labute approximate surface area is 144 Å². The number of imidazole rings is 1. The van der Waals surface area contributed by atoms with Gasteiger partial charge in [0, 0.05) is 25.9 Å². The summed E-state index contributed by atoms with van der Waals surface area (Å²) < 4.78 is 30.6. The van der Waals surface area contributed by atoms with Gasteiger partial charge in [0.1, 0.15) is 11.4 Å². The molecule has 0 unspecified atom stereocenters. The number of aryl methyl sites for hydroxylation is 1. The Morgan fingerprint density at radius 3 is 2.60 bits per heavy atom. The lowest BCUT2D eigenvalue weighted by atomic mass is 9.75. The van der Waals surface area contributed by atoms with Gasteiger partial charge in [-0.05, 0) is 24.8 Å². The van der Waals surface area contributed by atoms with Crippen LogP contribution in [0.5, 0.6) is 0 Å².